The third-order valence-electron chi connectivity index (χ3n) is 4.51. The highest BCUT2D eigenvalue weighted by Crippen LogP contribution is 2.32. The molecule has 0 bridgehead atoms. The maximum Gasteiger partial charge on any atom is 0.187 e. The number of hydrogen-bond acceptors (Lipinski definition) is 3. The van der Waals surface area contributed by atoms with Crippen molar-refractivity contribution in [2.75, 3.05) is 0 Å². The molecule has 0 aliphatic heterocycles. The van der Waals surface area contributed by atoms with Gasteiger partial charge >= 0.3 is 0 Å². The summed E-state index contributed by atoms with van der Waals surface area (Å²) >= 11 is 0. The first kappa shape index (κ1) is 16.2. The quantitative estimate of drug-likeness (QED) is 0.403. The minimum atomic E-state index is 0.744. The molecule has 0 saturated heterocycles. The van der Waals surface area contributed by atoms with Crippen LogP contribution in [0.3, 0.4) is 0 Å². The largest absolute Gasteiger partial charge is 0.283 e. The zero-order chi connectivity index (χ0) is 17.9. The molecule has 2 aromatic carbocycles. The van der Waals surface area contributed by atoms with Crippen LogP contribution in [0.5, 0.6) is 0 Å². The average Bonchev–Trinajstić information content (AvgIpc) is 3.06. The van der Waals surface area contributed by atoms with Crippen LogP contribution >= 0.6 is 0 Å². The number of imidazole rings is 1. The van der Waals surface area contributed by atoms with Crippen LogP contribution in [0.25, 0.3) is 16.9 Å². The Morgan fingerprint density at radius 2 is 1.65 bits per heavy atom. The molecule has 2 heterocycles. The van der Waals surface area contributed by atoms with Gasteiger partial charge in [-0.25, -0.2) is 4.98 Å². The van der Waals surface area contributed by atoms with Gasteiger partial charge in [0.15, 0.2) is 5.82 Å². The summed E-state index contributed by atoms with van der Waals surface area (Å²) < 4.78 is 1.98. The molecule has 4 rings (SSSR count). The third kappa shape index (κ3) is 3.02. The summed E-state index contributed by atoms with van der Waals surface area (Å²) in [6, 6.07) is 22.4. The van der Waals surface area contributed by atoms with E-state index in [-0.39, 0.29) is 0 Å². The monoisotopic (exact) mass is 340 g/mol. The number of hydrogen-bond donors (Lipinski definition) is 0. The fourth-order valence-electron chi connectivity index (χ4n) is 2.95. The van der Waals surface area contributed by atoms with E-state index in [0.717, 1.165) is 40.4 Å². The van der Waals surface area contributed by atoms with Gasteiger partial charge in [0.1, 0.15) is 11.3 Å². The molecule has 0 amide bonds. The van der Waals surface area contributed by atoms with E-state index in [9.17, 15) is 0 Å². The van der Waals surface area contributed by atoms with Crippen molar-refractivity contribution in [3.63, 3.8) is 0 Å². The summed E-state index contributed by atoms with van der Waals surface area (Å²) in [7, 11) is 0. The molecule has 4 aromatic rings. The number of aryl methyl sites for hydroxylation is 2. The summed E-state index contributed by atoms with van der Waals surface area (Å²) in [6.07, 6.45) is 2.99. The third-order valence-corrected chi connectivity index (χ3v) is 4.51. The van der Waals surface area contributed by atoms with Crippen LogP contribution in [0.15, 0.2) is 83.2 Å². The molecule has 0 unspecified atom stereocenters. The lowest BCUT2D eigenvalue weighted by molar-refractivity contribution is 1.10. The maximum atomic E-state index is 4.78. The highest BCUT2D eigenvalue weighted by Gasteiger charge is 2.13. The standard InChI is InChI=1S/C22H20N4/c1-3-17-11-13-18(14-12-17)21-22(26-15-7-6-10-20(26)23-21)25-24-19-9-5-4-8-16(19)2/h4-15H,3H2,1-2H3. The van der Waals surface area contributed by atoms with Gasteiger partial charge in [0.2, 0.25) is 0 Å². The molecule has 0 N–H and O–H groups in total. The first-order chi connectivity index (χ1) is 12.8. The molecule has 0 fully saturated rings. The summed E-state index contributed by atoms with van der Waals surface area (Å²) in [4.78, 5) is 4.78. The Kier molecular flexibility index (Phi) is 4.32. The zero-order valence-corrected chi connectivity index (χ0v) is 14.9. The van der Waals surface area contributed by atoms with Gasteiger partial charge in [-0.15, -0.1) is 10.2 Å². The number of nitrogens with zero attached hydrogens (tertiary/aromatic N) is 4. The van der Waals surface area contributed by atoms with Crippen LogP contribution in [0, 0.1) is 6.92 Å². The van der Waals surface area contributed by atoms with E-state index in [2.05, 4.69) is 41.4 Å². The van der Waals surface area contributed by atoms with E-state index < -0.39 is 0 Å². The second-order valence-corrected chi connectivity index (χ2v) is 6.25. The van der Waals surface area contributed by atoms with Gasteiger partial charge in [-0.1, -0.05) is 55.5 Å². The molecule has 0 aliphatic rings. The van der Waals surface area contributed by atoms with E-state index in [1.54, 1.807) is 0 Å². The van der Waals surface area contributed by atoms with E-state index in [1.165, 1.54) is 5.56 Å². The highest BCUT2D eigenvalue weighted by atomic mass is 15.2. The summed E-state index contributed by atoms with van der Waals surface area (Å²) in [5.41, 5.74) is 6.02. The molecular weight excluding hydrogens is 320 g/mol. The van der Waals surface area contributed by atoms with E-state index >= 15 is 0 Å². The van der Waals surface area contributed by atoms with Crippen molar-refractivity contribution in [1.82, 2.24) is 9.38 Å². The normalized spacial score (nSPS) is 11.5. The van der Waals surface area contributed by atoms with E-state index in [0.29, 0.717) is 0 Å². The van der Waals surface area contributed by atoms with Crippen LogP contribution in [0.2, 0.25) is 0 Å². The Hall–Kier alpha value is -3.27. The molecular formula is C22H20N4. The Morgan fingerprint density at radius 1 is 0.885 bits per heavy atom. The lowest BCUT2D eigenvalue weighted by Crippen LogP contribution is -1.83. The molecule has 4 heteroatoms. The zero-order valence-electron chi connectivity index (χ0n) is 14.9. The number of fused-ring (bicyclic) bond motifs is 1. The number of azo groups is 1. The predicted molar refractivity (Wildman–Crippen MR) is 105 cm³/mol. The Morgan fingerprint density at radius 3 is 2.42 bits per heavy atom. The summed E-state index contributed by atoms with van der Waals surface area (Å²) in [5.74, 6) is 0.744. The predicted octanol–water partition coefficient (Wildman–Crippen LogP) is 6.29. The number of pyridine rings is 1. The van der Waals surface area contributed by atoms with Crippen molar-refractivity contribution in [2.24, 2.45) is 10.2 Å². The van der Waals surface area contributed by atoms with Crippen LogP contribution in [0.4, 0.5) is 11.5 Å². The summed E-state index contributed by atoms with van der Waals surface area (Å²) in [5, 5.41) is 9.05. The molecule has 0 aliphatic carbocycles. The van der Waals surface area contributed by atoms with Crippen LogP contribution in [-0.4, -0.2) is 9.38 Å². The Labute approximate surface area is 152 Å². The topological polar surface area (TPSA) is 42.0 Å². The van der Waals surface area contributed by atoms with Gasteiger partial charge in [-0.05, 0) is 42.7 Å². The van der Waals surface area contributed by atoms with E-state index in [4.69, 9.17) is 4.98 Å². The van der Waals surface area contributed by atoms with E-state index in [1.807, 2.05) is 60.0 Å². The Bertz CT molecular complexity index is 1070. The second kappa shape index (κ2) is 6.92. The van der Waals surface area contributed by atoms with Gasteiger partial charge in [0.05, 0.1) is 5.69 Å². The smallest absolute Gasteiger partial charge is 0.187 e. The SMILES string of the molecule is CCc1ccc(-c2nc3ccccn3c2N=Nc2ccccc2C)cc1. The lowest BCUT2D eigenvalue weighted by Gasteiger charge is -2.02. The van der Waals surface area contributed by atoms with Crippen molar-refractivity contribution in [2.45, 2.75) is 20.3 Å². The van der Waals surface area contributed by atoms with Gasteiger partial charge in [0, 0.05) is 11.8 Å². The van der Waals surface area contributed by atoms with Gasteiger partial charge < -0.3 is 0 Å². The van der Waals surface area contributed by atoms with Crippen molar-refractivity contribution in [1.29, 1.82) is 0 Å². The molecule has 4 nitrogen and oxygen atoms in total. The molecule has 2 aromatic heterocycles. The minimum absolute atomic E-state index is 0.744. The first-order valence-corrected chi connectivity index (χ1v) is 8.80. The lowest BCUT2D eigenvalue weighted by atomic mass is 10.1. The number of aromatic nitrogens is 2. The highest BCUT2D eigenvalue weighted by molar-refractivity contribution is 5.74. The van der Waals surface area contributed by atoms with Crippen molar-refractivity contribution < 1.29 is 0 Å². The molecule has 128 valence electrons. The van der Waals surface area contributed by atoms with Gasteiger partial charge in [-0.2, -0.15) is 0 Å². The van der Waals surface area contributed by atoms with Crippen LogP contribution in [0.1, 0.15) is 18.1 Å². The van der Waals surface area contributed by atoms with Crippen molar-refractivity contribution in [3.8, 4) is 11.3 Å². The average molecular weight is 340 g/mol. The van der Waals surface area contributed by atoms with Crippen molar-refractivity contribution in [3.05, 3.63) is 84.1 Å². The molecule has 0 radical (unpaired) electrons. The summed E-state index contributed by atoms with van der Waals surface area (Å²) in [6.45, 7) is 4.19. The first-order valence-electron chi connectivity index (χ1n) is 8.80. The fraction of sp³-hybridized carbons (Fsp3) is 0.136. The van der Waals surface area contributed by atoms with Gasteiger partial charge in [-0.3, -0.25) is 4.40 Å². The Balaban J connectivity index is 1.85. The minimum Gasteiger partial charge on any atom is -0.283 e. The molecule has 26 heavy (non-hydrogen) atoms. The van der Waals surface area contributed by atoms with Gasteiger partial charge in [0.25, 0.3) is 0 Å². The maximum absolute atomic E-state index is 4.78. The number of benzene rings is 2. The second-order valence-electron chi connectivity index (χ2n) is 6.25. The van der Waals surface area contributed by atoms with Crippen LogP contribution < -0.4 is 0 Å². The van der Waals surface area contributed by atoms with Crippen molar-refractivity contribution >= 4 is 17.2 Å². The molecule has 0 atom stereocenters. The fourth-order valence-corrected chi connectivity index (χ4v) is 2.95. The molecule has 0 spiro atoms. The molecule has 0 saturated carbocycles. The van der Waals surface area contributed by atoms with Crippen LogP contribution in [-0.2, 0) is 6.42 Å². The number of rotatable bonds is 4.